The highest BCUT2D eigenvalue weighted by Gasteiger charge is 2.00. The minimum absolute atomic E-state index is 0.630. The number of unbranched alkanes of at least 4 members (excludes halogenated alkanes) is 1. The van der Waals surface area contributed by atoms with Gasteiger partial charge in [-0.15, -0.1) is 6.58 Å². The monoisotopic (exact) mass is 310 g/mol. The number of hydrogen-bond acceptors (Lipinski definition) is 2. The molecular formula is C20H23FN2. The zero-order valence-electron chi connectivity index (χ0n) is 13.6. The number of nitrogens with zero attached hydrogens (tertiary/aromatic N) is 2. The predicted octanol–water partition coefficient (Wildman–Crippen LogP) is 5.41. The van der Waals surface area contributed by atoms with Gasteiger partial charge in [0.2, 0.25) is 0 Å². The average molecular weight is 310 g/mol. The Morgan fingerprint density at radius 3 is 2.43 bits per heavy atom. The molecule has 2 rings (SSSR count). The molecule has 120 valence electrons. The summed E-state index contributed by atoms with van der Waals surface area (Å²) >= 11 is 0. The summed E-state index contributed by atoms with van der Waals surface area (Å²) in [6, 6.07) is 8.27. The largest absolute Gasteiger partial charge is 0.248 e. The SMILES string of the molecule is C=CCc1ncc(-c2ccc(/C=C/CCCC(C)F)cc2)cn1. The van der Waals surface area contributed by atoms with Gasteiger partial charge in [0.15, 0.2) is 0 Å². The molecule has 0 N–H and O–H groups in total. The van der Waals surface area contributed by atoms with Crippen LogP contribution in [0.4, 0.5) is 4.39 Å². The third kappa shape index (κ3) is 5.78. The molecule has 0 saturated heterocycles. The molecule has 1 heterocycles. The van der Waals surface area contributed by atoms with Crippen molar-refractivity contribution in [2.45, 2.75) is 38.8 Å². The van der Waals surface area contributed by atoms with Gasteiger partial charge in [-0.05, 0) is 37.3 Å². The smallest absolute Gasteiger partial charge is 0.131 e. The number of rotatable bonds is 8. The van der Waals surface area contributed by atoms with Crippen LogP contribution >= 0.6 is 0 Å². The van der Waals surface area contributed by atoms with E-state index in [0.717, 1.165) is 35.4 Å². The van der Waals surface area contributed by atoms with Crippen LogP contribution in [0.5, 0.6) is 0 Å². The van der Waals surface area contributed by atoms with E-state index < -0.39 is 6.17 Å². The first-order valence-corrected chi connectivity index (χ1v) is 8.02. The molecule has 3 heteroatoms. The maximum atomic E-state index is 12.7. The first-order valence-electron chi connectivity index (χ1n) is 8.02. The second-order valence-electron chi connectivity index (χ2n) is 5.62. The Morgan fingerprint density at radius 2 is 1.83 bits per heavy atom. The molecule has 2 aromatic rings. The summed E-state index contributed by atoms with van der Waals surface area (Å²) in [5.41, 5.74) is 3.25. The molecule has 1 unspecified atom stereocenters. The van der Waals surface area contributed by atoms with Crippen LogP contribution in [-0.4, -0.2) is 16.1 Å². The third-order valence-electron chi connectivity index (χ3n) is 3.56. The molecule has 0 fully saturated rings. The number of aromatic nitrogens is 2. The van der Waals surface area contributed by atoms with E-state index in [1.54, 1.807) is 13.0 Å². The van der Waals surface area contributed by atoms with Crippen molar-refractivity contribution in [3.63, 3.8) is 0 Å². The van der Waals surface area contributed by atoms with Gasteiger partial charge in [-0.1, -0.05) is 42.5 Å². The quantitative estimate of drug-likeness (QED) is 0.481. The Balaban J connectivity index is 1.93. The van der Waals surface area contributed by atoms with Gasteiger partial charge in [0, 0.05) is 24.4 Å². The van der Waals surface area contributed by atoms with Gasteiger partial charge in [0.05, 0.1) is 6.17 Å². The minimum Gasteiger partial charge on any atom is -0.248 e. The van der Waals surface area contributed by atoms with Crippen LogP contribution in [0.2, 0.25) is 0 Å². The Labute approximate surface area is 137 Å². The zero-order chi connectivity index (χ0) is 16.5. The van der Waals surface area contributed by atoms with Crippen LogP contribution < -0.4 is 0 Å². The maximum Gasteiger partial charge on any atom is 0.131 e. The lowest BCUT2D eigenvalue weighted by atomic mass is 10.1. The Morgan fingerprint density at radius 1 is 1.13 bits per heavy atom. The van der Waals surface area contributed by atoms with Crippen LogP contribution in [0.15, 0.2) is 55.4 Å². The molecule has 0 radical (unpaired) electrons. The number of halogens is 1. The van der Waals surface area contributed by atoms with E-state index in [-0.39, 0.29) is 0 Å². The number of alkyl halides is 1. The highest BCUT2D eigenvalue weighted by molar-refractivity contribution is 5.64. The van der Waals surface area contributed by atoms with Gasteiger partial charge in [-0.2, -0.15) is 0 Å². The second kappa shape index (κ2) is 8.99. The van der Waals surface area contributed by atoms with Crippen LogP contribution in [0, 0.1) is 0 Å². The molecule has 0 bridgehead atoms. The molecule has 2 nitrogen and oxygen atoms in total. The molecular weight excluding hydrogens is 287 g/mol. The molecule has 0 amide bonds. The summed E-state index contributed by atoms with van der Waals surface area (Å²) in [4.78, 5) is 8.65. The summed E-state index contributed by atoms with van der Waals surface area (Å²) in [5.74, 6) is 0.783. The standard InChI is InChI=1S/C20H23FN2/c1-3-7-20-22-14-19(15-23-20)18-12-10-17(11-13-18)9-6-4-5-8-16(2)21/h3,6,9-16H,1,4-5,7-8H2,2H3/b9-6+. The van der Waals surface area contributed by atoms with E-state index in [1.807, 2.05) is 12.4 Å². The van der Waals surface area contributed by atoms with Gasteiger partial charge < -0.3 is 0 Å². The lowest BCUT2D eigenvalue weighted by molar-refractivity contribution is 0.335. The number of allylic oxidation sites excluding steroid dienone is 2. The summed E-state index contributed by atoms with van der Waals surface area (Å²) in [7, 11) is 0. The molecule has 0 aliphatic rings. The minimum atomic E-state index is -0.706. The van der Waals surface area contributed by atoms with E-state index in [4.69, 9.17) is 0 Å². The van der Waals surface area contributed by atoms with Gasteiger partial charge in [-0.25, -0.2) is 14.4 Å². The zero-order valence-corrected chi connectivity index (χ0v) is 13.6. The first-order chi connectivity index (χ1) is 11.2. The molecule has 1 aromatic carbocycles. The lowest BCUT2D eigenvalue weighted by Gasteiger charge is -2.03. The van der Waals surface area contributed by atoms with Crippen LogP contribution in [0.3, 0.4) is 0 Å². The van der Waals surface area contributed by atoms with Crippen molar-refractivity contribution in [1.82, 2.24) is 9.97 Å². The normalized spacial score (nSPS) is 12.4. The summed E-state index contributed by atoms with van der Waals surface area (Å²) < 4.78 is 12.7. The molecule has 0 saturated carbocycles. The van der Waals surface area contributed by atoms with Gasteiger partial charge in [0.1, 0.15) is 5.82 Å². The molecule has 23 heavy (non-hydrogen) atoms. The van der Waals surface area contributed by atoms with Crippen molar-refractivity contribution >= 4 is 6.08 Å². The fourth-order valence-electron chi connectivity index (χ4n) is 2.26. The second-order valence-corrected chi connectivity index (χ2v) is 5.62. The highest BCUT2D eigenvalue weighted by Crippen LogP contribution is 2.19. The lowest BCUT2D eigenvalue weighted by Crippen LogP contribution is -1.92. The van der Waals surface area contributed by atoms with E-state index in [0.29, 0.717) is 12.8 Å². The van der Waals surface area contributed by atoms with E-state index >= 15 is 0 Å². The third-order valence-corrected chi connectivity index (χ3v) is 3.56. The Bertz CT molecular complexity index is 628. The van der Waals surface area contributed by atoms with Crippen LogP contribution in [0.1, 0.15) is 37.6 Å². The summed E-state index contributed by atoms with van der Waals surface area (Å²) in [5, 5.41) is 0. The molecule has 1 aromatic heterocycles. The Kier molecular flexibility index (Phi) is 6.67. The fourth-order valence-corrected chi connectivity index (χ4v) is 2.26. The summed E-state index contributed by atoms with van der Waals surface area (Å²) in [6.45, 7) is 5.29. The van der Waals surface area contributed by atoms with Gasteiger partial charge in [0.25, 0.3) is 0 Å². The maximum absolute atomic E-state index is 12.7. The molecule has 1 atom stereocenters. The van der Waals surface area contributed by atoms with Gasteiger partial charge >= 0.3 is 0 Å². The number of hydrogen-bond donors (Lipinski definition) is 0. The van der Waals surface area contributed by atoms with E-state index in [9.17, 15) is 4.39 Å². The van der Waals surface area contributed by atoms with E-state index in [1.165, 1.54) is 0 Å². The Hall–Kier alpha value is -2.29. The highest BCUT2D eigenvalue weighted by atomic mass is 19.1. The molecule has 0 spiro atoms. The topological polar surface area (TPSA) is 25.8 Å². The fraction of sp³-hybridized carbons (Fsp3) is 0.300. The van der Waals surface area contributed by atoms with Crippen molar-refractivity contribution in [3.8, 4) is 11.1 Å². The van der Waals surface area contributed by atoms with Crippen molar-refractivity contribution in [1.29, 1.82) is 0 Å². The summed E-state index contributed by atoms with van der Waals surface area (Å²) in [6.07, 6.45) is 12.1. The average Bonchev–Trinajstić information content (AvgIpc) is 2.56. The van der Waals surface area contributed by atoms with Crippen molar-refractivity contribution in [2.75, 3.05) is 0 Å². The first kappa shape index (κ1) is 17.1. The van der Waals surface area contributed by atoms with Crippen molar-refractivity contribution in [3.05, 3.63) is 66.8 Å². The predicted molar refractivity (Wildman–Crippen MR) is 94.8 cm³/mol. The van der Waals surface area contributed by atoms with Crippen LogP contribution in [0.25, 0.3) is 17.2 Å². The molecule has 0 aliphatic heterocycles. The van der Waals surface area contributed by atoms with Crippen molar-refractivity contribution in [2.24, 2.45) is 0 Å². The number of benzene rings is 1. The van der Waals surface area contributed by atoms with Gasteiger partial charge in [-0.3, -0.25) is 0 Å². The molecule has 0 aliphatic carbocycles. The van der Waals surface area contributed by atoms with Crippen LogP contribution in [-0.2, 0) is 6.42 Å². The van der Waals surface area contributed by atoms with Crippen molar-refractivity contribution < 1.29 is 4.39 Å². The van der Waals surface area contributed by atoms with E-state index in [2.05, 4.69) is 53.0 Å².